The standard InChI is InChI=1S/C23H28BrFN2O2S/c1-4-16(2)26-23(29)17(3)27(13-19-6-5-7-20(24)12-19)22(28)15-30-14-18-8-10-21(25)11-9-18/h5-12,16-17H,4,13-15H2,1-3H3,(H,26,29)/t16-,17-/m1/s1. The average Bonchev–Trinajstić information content (AvgIpc) is 2.72. The van der Waals surface area contributed by atoms with Gasteiger partial charge in [0.05, 0.1) is 5.75 Å². The van der Waals surface area contributed by atoms with Crippen molar-refractivity contribution in [1.82, 2.24) is 10.2 Å². The molecule has 0 bridgehead atoms. The molecular formula is C23H28BrFN2O2S. The smallest absolute Gasteiger partial charge is 0.242 e. The van der Waals surface area contributed by atoms with Crippen LogP contribution in [0.2, 0.25) is 0 Å². The summed E-state index contributed by atoms with van der Waals surface area (Å²) in [6.45, 7) is 6.07. The Hall–Kier alpha value is -1.86. The van der Waals surface area contributed by atoms with Crippen LogP contribution in [0, 0.1) is 5.82 Å². The zero-order chi connectivity index (χ0) is 22.1. The van der Waals surface area contributed by atoms with Crippen LogP contribution < -0.4 is 5.32 Å². The summed E-state index contributed by atoms with van der Waals surface area (Å²) in [7, 11) is 0. The van der Waals surface area contributed by atoms with Crippen molar-refractivity contribution in [3.05, 3.63) is 69.9 Å². The van der Waals surface area contributed by atoms with Crippen molar-refractivity contribution in [2.45, 2.75) is 51.6 Å². The van der Waals surface area contributed by atoms with E-state index in [4.69, 9.17) is 0 Å². The number of nitrogens with one attached hydrogen (secondary N) is 1. The average molecular weight is 495 g/mol. The first kappa shape index (κ1) is 24.4. The van der Waals surface area contributed by atoms with E-state index in [2.05, 4.69) is 21.2 Å². The quantitative estimate of drug-likeness (QED) is 0.496. The number of hydrogen-bond donors (Lipinski definition) is 1. The molecule has 2 atom stereocenters. The second kappa shape index (κ2) is 12.1. The third-order valence-electron chi connectivity index (χ3n) is 4.82. The molecule has 0 fully saturated rings. The fraction of sp³-hybridized carbons (Fsp3) is 0.391. The molecule has 0 aromatic heterocycles. The molecule has 0 unspecified atom stereocenters. The molecule has 1 N–H and O–H groups in total. The van der Waals surface area contributed by atoms with E-state index in [1.165, 1.54) is 23.9 Å². The van der Waals surface area contributed by atoms with Gasteiger partial charge in [0.1, 0.15) is 11.9 Å². The summed E-state index contributed by atoms with van der Waals surface area (Å²) in [5.74, 6) is 0.308. The van der Waals surface area contributed by atoms with Gasteiger partial charge in [-0.1, -0.05) is 47.1 Å². The van der Waals surface area contributed by atoms with Crippen molar-refractivity contribution in [3.8, 4) is 0 Å². The Kier molecular flexibility index (Phi) is 9.85. The molecule has 2 aromatic rings. The fourth-order valence-corrected chi connectivity index (χ4v) is 4.12. The van der Waals surface area contributed by atoms with Crippen LogP contribution in [0.3, 0.4) is 0 Å². The molecule has 0 saturated carbocycles. The third kappa shape index (κ3) is 7.76. The fourth-order valence-electron chi connectivity index (χ4n) is 2.80. The molecule has 0 aliphatic rings. The van der Waals surface area contributed by atoms with Crippen LogP contribution in [0.5, 0.6) is 0 Å². The minimum Gasteiger partial charge on any atom is -0.352 e. The van der Waals surface area contributed by atoms with E-state index >= 15 is 0 Å². The zero-order valence-electron chi connectivity index (χ0n) is 17.5. The number of thioether (sulfide) groups is 1. The molecule has 2 amide bonds. The first-order chi connectivity index (χ1) is 14.3. The lowest BCUT2D eigenvalue weighted by molar-refractivity contribution is -0.138. The Balaban J connectivity index is 2.07. The molecule has 0 spiro atoms. The Morgan fingerprint density at radius 2 is 1.83 bits per heavy atom. The molecule has 162 valence electrons. The van der Waals surface area contributed by atoms with Crippen LogP contribution in [-0.2, 0) is 21.9 Å². The number of nitrogens with zero attached hydrogens (tertiary/aromatic N) is 1. The molecule has 0 heterocycles. The SMILES string of the molecule is CC[C@@H](C)NC(=O)[C@@H](C)N(Cc1cccc(Br)c1)C(=O)CSCc1ccc(F)cc1. The molecule has 7 heteroatoms. The van der Waals surface area contributed by atoms with Crippen molar-refractivity contribution in [1.29, 1.82) is 0 Å². The van der Waals surface area contributed by atoms with Crippen LogP contribution in [0.1, 0.15) is 38.3 Å². The highest BCUT2D eigenvalue weighted by molar-refractivity contribution is 9.10. The van der Waals surface area contributed by atoms with Crippen molar-refractivity contribution >= 4 is 39.5 Å². The molecule has 0 radical (unpaired) electrons. The van der Waals surface area contributed by atoms with Gasteiger partial charge in [0.15, 0.2) is 0 Å². The van der Waals surface area contributed by atoms with E-state index < -0.39 is 6.04 Å². The van der Waals surface area contributed by atoms with Crippen LogP contribution in [0.15, 0.2) is 53.0 Å². The van der Waals surface area contributed by atoms with Gasteiger partial charge in [-0.25, -0.2) is 4.39 Å². The lowest BCUT2D eigenvalue weighted by Gasteiger charge is -2.29. The largest absolute Gasteiger partial charge is 0.352 e. The van der Waals surface area contributed by atoms with Gasteiger partial charge in [0, 0.05) is 22.8 Å². The molecular weight excluding hydrogens is 467 g/mol. The van der Waals surface area contributed by atoms with Gasteiger partial charge in [-0.3, -0.25) is 9.59 Å². The summed E-state index contributed by atoms with van der Waals surface area (Å²) in [6.07, 6.45) is 0.825. The zero-order valence-corrected chi connectivity index (χ0v) is 19.9. The van der Waals surface area contributed by atoms with Crippen molar-refractivity contribution < 1.29 is 14.0 Å². The summed E-state index contributed by atoms with van der Waals surface area (Å²) in [6, 6.07) is 13.5. The lowest BCUT2D eigenvalue weighted by Crippen LogP contribution is -2.50. The summed E-state index contributed by atoms with van der Waals surface area (Å²) in [5, 5.41) is 2.96. The van der Waals surface area contributed by atoms with Gasteiger partial charge in [-0.15, -0.1) is 11.8 Å². The molecule has 4 nitrogen and oxygen atoms in total. The van der Waals surface area contributed by atoms with E-state index in [1.54, 1.807) is 24.0 Å². The second-order valence-electron chi connectivity index (χ2n) is 7.26. The highest BCUT2D eigenvalue weighted by atomic mass is 79.9. The van der Waals surface area contributed by atoms with E-state index in [0.717, 1.165) is 22.0 Å². The molecule has 2 aromatic carbocycles. The lowest BCUT2D eigenvalue weighted by atomic mass is 10.1. The van der Waals surface area contributed by atoms with Gasteiger partial charge >= 0.3 is 0 Å². The minimum atomic E-state index is -0.586. The van der Waals surface area contributed by atoms with E-state index in [9.17, 15) is 14.0 Å². The topological polar surface area (TPSA) is 49.4 Å². The first-order valence-corrected chi connectivity index (χ1v) is 11.9. The normalized spacial score (nSPS) is 12.8. The predicted octanol–water partition coefficient (Wildman–Crippen LogP) is 5.15. The third-order valence-corrected chi connectivity index (χ3v) is 6.30. The summed E-state index contributed by atoms with van der Waals surface area (Å²) >= 11 is 4.91. The molecule has 2 rings (SSSR count). The monoisotopic (exact) mass is 494 g/mol. The molecule has 30 heavy (non-hydrogen) atoms. The summed E-state index contributed by atoms with van der Waals surface area (Å²) in [4.78, 5) is 27.3. The van der Waals surface area contributed by atoms with Gasteiger partial charge < -0.3 is 10.2 Å². The van der Waals surface area contributed by atoms with Crippen molar-refractivity contribution in [2.24, 2.45) is 0 Å². The van der Waals surface area contributed by atoms with E-state index in [0.29, 0.717) is 12.3 Å². The van der Waals surface area contributed by atoms with Gasteiger partial charge in [-0.2, -0.15) is 0 Å². The number of halogens is 2. The Bertz CT molecular complexity index is 847. The highest BCUT2D eigenvalue weighted by Crippen LogP contribution is 2.18. The van der Waals surface area contributed by atoms with Crippen LogP contribution in [0.4, 0.5) is 4.39 Å². The first-order valence-electron chi connectivity index (χ1n) is 9.96. The van der Waals surface area contributed by atoms with Crippen LogP contribution >= 0.6 is 27.7 Å². The number of hydrogen-bond acceptors (Lipinski definition) is 3. The molecule has 0 aliphatic carbocycles. The van der Waals surface area contributed by atoms with Gasteiger partial charge in [-0.05, 0) is 55.7 Å². The van der Waals surface area contributed by atoms with Gasteiger partial charge in [0.2, 0.25) is 11.8 Å². The van der Waals surface area contributed by atoms with Crippen molar-refractivity contribution in [2.75, 3.05) is 5.75 Å². The van der Waals surface area contributed by atoms with Crippen LogP contribution in [-0.4, -0.2) is 34.6 Å². The number of rotatable bonds is 10. The number of benzene rings is 2. The maximum atomic E-state index is 13.1. The Morgan fingerprint density at radius 3 is 2.47 bits per heavy atom. The molecule has 0 saturated heterocycles. The number of carbonyl (C=O) groups excluding carboxylic acids is 2. The summed E-state index contributed by atoms with van der Waals surface area (Å²) < 4.78 is 14.0. The van der Waals surface area contributed by atoms with E-state index in [1.807, 2.05) is 38.1 Å². The van der Waals surface area contributed by atoms with Gasteiger partial charge in [0.25, 0.3) is 0 Å². The maximum absolute atomic E-state index is 13.1. The van der Waals surface area contributed by atoms with E-state index in [-0.39, 0.29) is 29.4 Å². The number of amides is 2. The predicted molar refractivity (Wildman–Crippen MR) is 125 cm³/mol. The number of carbonyl (C=O) groups is 2. The minimum absolute atomic E-state index is 0.0515. The second-order valence-corrected chi connectivity index (χ2v) is 9.17. The van der Waals surface area contributed by atoms with Crippen LogP contribution in [0.25, 0.3) is 0 Å². The molecule has 0 aliphatic heterocycles. The van der Waals surface area contributed by atoms with Crippen molar-refractivity contribution in [3.63, 3.8) is 0 Å². The maximum Gasteiger partial charge on any atom is 0.242 e. The summed E-state index contributed by atoms with van der Waals surface area (Å²) in [5.41, 5.74) is 1.90. The Labute approximate surface area is 190 Å². The highest BCUT2D eigenvalue weighted by Gasteiger charge is 2.26. The Morgan fingerprint density at radius 1 is 1.13 bits per heavy atom.